The fraction of sp³-hybridized carbons (Fsp3) is 0.500. The zero-order valence-corrected chi connectivity index (χ0v) is 15.4. The van der Waals surface area contributed by atoms with Gasteiger partial charge in [0.25, 0.3) is 0 Å². The van der Waals surface area contributed by atoms with Crippen molar-refractivity contribution in [3.05, 3.63) is 41.2 Å². The minimum atomic E-state index is 0.433. The number of amidine groups is 1. The Bertz CT molecular complexity index is 777. The van der Waals surface area contributed by atoms with E-state index in [4.69, 9.17) is 14.5 Å². The molecule has 4 rings (SSSR count). The SMILES string of the molecule is COc1cc(CCc2cc(C3=NC4CCCCC4N3)n[nH]2)cc(OC)c1. The number of methoxy groups -OCH3 is 2. The number of aromatic amines is 1. The van der Waals surface area contributed by atoms with Crippen LogP contribution in [0.3, 0.4) is 0 Å². The molecule has 2 heterocycles. The smallest absolute Gasteiger partial charge is 0.149 e. The lowest BCUT2D eigenvalue weighted by molar-refractivity contribution is 0.384. The lowest BCUT2D eigenvalue weighted by Gasteiger charge is -2.23. The van der Waals surface area contributed by atoms with E-state index < -0.39 is 0 Å². The fourth-order valence-corrected chi connectivity index (χ4v) is 3.85. The Morgan fingerprint density at radius 3 is 2.50 bits per heavy atom. The first kappa shape index (κ1) is 16.9. The van der Waals surface area contributed by atoms with Gasteiger partial charge in [-0.3, -0.25) is 10.1 Å². The van der Waals surface area contributed by atoms with Crippen LogP contribution in [0.25, 0.3) is 0 Å². The van der Waals surface area contributed by atoms with Crippen molar-refractivity contribution in [2.75, 3.05) is 14.2 Å². The van der Waals surface area contributed by atoms with E-state index in [1.165, 1.54) is 31.2 Å². The Labute approximate surface area is 154 Å². The average Bonchev–Trinajstić information content (AvgIpc) is 3.32. The fourth-order valence-electron chi connectivity index (χ4n) is 3.85. The monoisotopic (exact) mass is 354 g/mol. The molecule has 2 unspecified atom stereocenters. The van der Waals surface area contributed by atoms with E-state index in [2.05, 4.69) is 21.6 Å². The van der Waals surface area contributed by atoms with Gasteiger partial charge < -0.3 is 14.8 Å². The molecule has 0 amide bonds. The van der Waals surface area contributed by atoms with E-state index in [9.17, 15) is 0 Å². The van der Waals surface area contributed by atoms with Crippen molar-refractivity contribution in [1.82, 2.24) is 15.5 Å². The highest BCUT2D eigenvalue weighted by atomic mass is 16.5. The number of benzene rings is 1. The number of nitrogens with zero attached hydrogens (tertiary/aromatic N) is 2. The summed E-state index contributed by atoms with van der Waals surface area (Å²) in [5.41, 5.74) is 3.22. The minimum Gasteiger partial charge on any atom is -0.497 e. The molecule has 1 aromatic heterocycles. The summed E-state index contributed by atoms with van der Waals surface area (Å²) < 4.78 is 10.7. The Hall–Kier alpha value is -2.50. The number of nitrogens with one attached hydrogen (secondary N) is 2. The van der Waals surface area contributed by atoms with Gasteiger partial charge >= 0.3 is 0 Å². The van der Waals surface area contributed by atoms with Crippen molar-refractivity contribution in [2.24, 2.45) is 4.99 Å². The van der Waals surface area contributed by atoms with Crippen molar-refractivity contribution in [3.63, 3.8) is 0 Å². The second-order valence-electron chi connectivity index (χ2n) is 7.08. The number of hydrogen-bond donors (Lipinski definition) is 2. The van der Waals surface area contributed by atoms with Crippen LogP contribution in [0.4, 0.5) is 0 Å². The third-order valence-electron chi connectivity index (χ3n) is 5.31. The van der Waals surface area contributed by atoms with Crippen molar-refractivity contribution < 1.29 is 9.47 Å². The molecule has 1 aliphatic heterocycles. The number of ether oxygens (including phenoxy) is 2. The average molecular weight is 354 g/mol. The molecule has 26 heavy (non-hydrogen) atoms. The first-order valence-corrected chi connectivity index (χ1v) is 9.36. The van der Waals surface area contributed by atoms with Gasteiger partial charge in [0.05, 0.1) is 26.3 Å². The van der Waals surface area contributed by atoms with Crippen LogP contribution >= 0.6 is 0 Å². The van der Waals surface area contributed by atoms with Gasteiger partial charge in [-0.25, -0.2) is 0 Å². The molecule has 0 saturated heterocycles. The van der Waals surface area contributed by atoms with Gasteiger partial charge in [0.2, 0.25) is 0 Å². The van der Waals surface area contributed by atoms with Gasteiger partial charge in [-0.15, -0.1) is 0 Å². The molecule has 2 N–H and O–H groups in total. The summed E-state index contributed by atoms with van der Waals surface area (Å²) in [5.74, 6) is 2.58. The molecule has 6 nitrogen and oxygen atoms in total. The molecule has 0 radical (unpaired) electrons. The Kier molecular flexibility index (Phi) is 4.82. The van der Waals surface area contributed by atoms with Crippen LogP contribution < -0.4 is 14.8 Å². The van der Waals surface area contributed by atoms with Crippen LogP contribution in [-0.2, 0) is 12.8 Å². The van der Waals surface area contributed by atoms with Gasteiger partial charge in [0, 0.05) is 11.8 Å². The van der Waals surface area contributed by atoms with Gasteiger partial charge in [0.15, 0.2) is 0 Å². The van der Waals surface area contributed by atoms with E-state index in [0.717, 1.165) is 41.6 Å². The van der Waals surface area contributed by atoms with E-state index >= 15 is 0 Å². The molecular weight excluding hydrogens is 328 g/mol. The highest BCUT2D eigenvalue weighted by Crippen LogP contribution is 2.26. The summed E-state index contributed by atoms with van der Waals surface area (Å²) in [5, 5.41) is 11.2. The van der Waals surface area contributed by atoms with Crippen LogP contribution in [0.15, 0.2) is 29.3 Å². The van der Waals surface area contributed by atoms with Gasteiger partial charge in [-0.05, 0) is 49.4 Å². The zero-order valence-electron chi connectivity index (χ0n) is 15.4. The Morgan fingerprint density at radius 2 is 1.77 bits per heavy atom. The zero-order chi connectivity index (χ0) is 17.9. The topological polar surface area (TPSA) is 71.5 Å². The molecule has 138 valence electrons. The summed E-state index contributed by atoms with van der Waals surface area (Å²) in [7, 11) is 3.35. The number of aromatic nitrogens is 2. The molecule has 6 heteroatoms. The van der Waals surface area contributed by atoms with Crippen LogP contribution in [0.5, 0.6) is 11.5 Å². The van der Waals surface area contributed by atoms with Crippen molar-refractivity contribution >= 4 is 5.84 Å². The molecular formula is C20H26N4O2. The Morgan fingerprint density at radius 1 is 1.00 bits per heavy atom. The third-order valence-corrected chi connectivity index (χ3v) is 5.31. The van der Waals surface area contributed by atoms with Crippen molar-refractivity contribution in [3.8, 4) is 11.5 Å². The largest absolute Gasteiger partial charge is 0.497 e. The lowest BCUT2D eigenvalue weighted by atomic mass is 9.92. The van der Waals surface area contributed by atoms with E-state index in [1.54, 1.807) is 14.2 Å². The Balaban J connectivity index is 1.41. The molecule has 1 aliphatic carbocycles. The minimum absolute atomic E-state index is 0.433. The van der Waals surface area contributed by atoms with Crippen LogP contribution in [0.2, 0.25) is 0 Å². The summed E-state index contributed by atoms with van der Waals surface area (Å²) >= 11 is 0. The highest BCUT2D eigenvalue weighted by molar-refractivity contribution is 5.98. The number of aliphatic imine (C=N–C) groups is 1. The summed E-state index contributed by atoms with van der Waals surface area (Å²) in [6.45, 7) is 0. The standard InChI is InChI=1S/C20H26N4O2/c1-25-15-9-13(10-16(12-15)26-2)7-8-14-11-19(24-23-14)20-21-17-5-3-4-6-18(17)22-20/h9-12,17-18H,3-8H2,1-2H3,(H,21,22)(H,23,24). The normalized spacial score (nSPS) is 21.7. The number of aryl methyl sites for hydroxylation is 2. The quantitative estimate of drug-likeness (QED) is 0.837. The molecule has 1 aromatic carbocycles. The highest BCUT2D eigenvalue weighted by Gasteiger charge is 2.31. The first-order chi connectivity index (χ1) is 12.7. The number of H-pyrrole nitrogens is 1. The molecule has 1 saturated carbocycles. The summed E-state index contributed by atoms with van der Waals surface area (Å²) in [4.78, 5) is 4.85. The number of fused-ring (bicyclic) bond motifs is 1. The summed E-state index contributed by atoms with van der Waals surface area (Å²) in [6.07, 6.45) is 6.76. The summed E-state index contributed by atoms with van der Waals surface area (Å²) in [6, 6.07) is 9.04. The predicted octanol–water partition coefficient (Wildman–Crippen LogP) is 2.87. The molecule has 2 aromatic rings. The van der Waals surface area contributed by atoms with Gasteiger partial charge in [-0.1, -0.05) is 12.8 Å². The third kappa shape index (κ3) is 3.54. The maximum atomic E-state index is 5.34. The number of hydrogen-bond acceptors (Lipinski definition) is 5. The van der Waals surface area contributed by atoms with Crippen molar-refractivity contribution in [1.29, 1.82) is 0 Å². The molecule has 0 spiro atoms. The molecule has 2 aliphatic rings. The molecule has 1 fully saturated rings. The van der Waals surface area contributed by atoms with E-state index in [-0.39, 0.29) is 0 Å². The second kappa shape index (κ2) is 7.40. The first-order valence-electron chi connectivity index (χ1n) is 9.36. The molecule has 2 atom stereocenters. The van der Waals surface area contributed by atoms with Crippen LogP contribution in [-0.4, -0.2) is 42.3 Å². The number of rotatable bonds is 6. The van der Waals surface area contributed by atoms with E-state index in [1.807, 2.05) is 18.2 Å². The second-order valence-corrected chi connectivity index (χ2v) is 7.08. The van der Waals surface area contributed by atoms with E-state index in [0.29, 0.717) is 12.1 Å². The van der Waals surface area contributed by atoms with Crippen LogP contribution in [0.1, 0.15) is 42.6 Å². The lowest BCUT2D eigenvalue weighted by Crippen LogP contribution is -2.37. The van der Waals surface area contributed by atoms with Gasteiger partial charge in [0.1, 0.15) is 23.0 Å². The van der Waals surface area contributed by atoms with Crippen molar-refractivity contribution in [2.45, 2.75) is 50.6 Å². The van der Waals surface area contributed by atoms with Crippen LogP contribution in [0, 0.1) is 0 Å². The molecule has 0 bridgehead atoms. The maximum Gasteiger partial charge on any atom is 0.149 e. The van der Waals surface area contributed by atoms with Gasteiger partial charge in [-0.2, -0.15) is 5.10 Å². The predicted molar refractivity (Wildman–Crippen MR) is 101 cm³/mol. The maximum absolute atomic E-state index is 5.34.